The minimum Gasteiger partial charge on any atom is -0.493 e. The van der Waals surface area contributed by atoms with Crippen molar-refractivity contribution in [3.63, 3.8) is 0 Å². The maximum Gasteiger partial charge on any atom is 0.339 e. The molecule has 192 valence electrons. The largest absolute Gasteiger partial charge is 0.493 e. The van der Waals surface area contributed by atoms with E-state index in [9.17, 15) is 13.2 Å². The summed E-state index contributed by atoms with van der Waals surface area (Å²) < 4.78 is 36.5. The minimum atomic E-state index is -4.24. The van der Waals surface area contributed by atoms with Crippen LogP contribution in [-0.4, -0.2) is 58.4 Å². The number of likely N-dealkylation sites (N-methyl/N-ethyl adjacent to an activating group) is 1. The van der Waals surface area contributed by atoms with Gasteiger partial charge in [-0.05, 0) is 62.1 Å². The lowest BCUT2D eigenvalue weighted by Gasteiger charge is -2.25. The van der Waals surface area contributed by atoms with E-state index in [1.807, 2.05) is 19.0 Å². The highest BCUT2D eigenvalue weighted by Crippen LogP contribution is 2.33. The number of carbonyl (C=O) groups is 1. The molecule has 0 bridgehead atoms. The normalized spacial score (nSPS) is 11.4. The molecule has 36 heavy (non-hydrogen) atoms. The van der Waals surface area contributed by atoms with Crippen molar-refractivity contribution in [2.24, 2.45) is 0 Å². The topological polar surface area (TPSA) is 76.2 Å². The average molecular weight is 572 g/mol. The van der Waals surface area contributed by atoms with Gasteiger partial charge in [-0.25, -0.2) is 0 Å². The lowest BCUT2D eigenvalue weighted by molar-refractivity contribution is 0.0732. The van der Waals surface area contributed by atoms with Crippen LogP contribution in [0, 0.1) is 0 Å². The standard InChI is InChI=1S/C25H25Cl3N2O5S/c1-29(2)12-13-30(25(31)19-6-4-5-7-20(19)26)16-17-8-11-23(34-3)24(14-17)35-36(32,33)18-9-10-21(27)22(28)15-18/h4-11,14-15H,12-13,16H2,1-3H3. The van der Waals surface area contributed by atoms with Gasteiger partial charge in [0.25, 0.3) is 5.91 Å². The van der Waals surface area contributed by atoms with Gasteiger partial charge in [-0.1, -0.05) is 53.0 Å². The fourth-order valence-corrected chi connectivity index (χ4v) is 4.82. The van der Waals surface area contributed by atoms with Gasteiger partial charge >= 0.3 is 10.1 Å². The highest BCUT2D eigenvalue weighted by molar-refractivity contribution is 7.87. The van der Waals surface area contributed by atoms with E-state index >= 15 is 0 Å². The van der Waals surface area contributed by atoms with E-state index in [-0.39, 0.29) is 38.9 Å². The van der Waals surface area contributed by atoms with Gasteiger partial charge < -0.3 is 18.7 Å². The van der Waals surface area contributed by atoms with Crippen molar-refractivity contribution >= 4 is 50.8 Å². The Balaban J connectivity index is 1.92. The Bertz CT molecular complexity index is 1350. The van der Waals surface area contributed by atoms with Gasteiger partial charge in [0.1, 0.15) is 4.90 Å². The quantitative estimate of drug-likeness (QED) is 0.294. The Morgan fingerprint density at radius 1 is 0.861 bits per heavy atom. The Hall–Kier alpha value is -2.49. The van der Waals surface area contributed by atoms with Crippen molar-refractivity contribution in [1.82, 2.24) is 9.80 Å². The fourth-order valence-electron chi connectivity index (χ4n) is 3.28. The Labute approximate surface area is 226 Å². The second-order valence-corrected chi connectivity index (χ2v) is 10.9. The van der Waals surface area contributed by atoms with Crippen molar-refractivity contribution in [2.45, 2.75) is 11.4 Å². The van der Waals surface area contributed by atoms with Gasteiger partial charge in [-0.2, -0.15) is 8.42 Å². The first-order chi connectivity index (χ1) is 17.0. The number of hydrogen-bond donors (Lipinski definition) is 0. The Morgan fingerprint density at radius 3 is 2.22 bits per heavy atom. The zero-order chi connectivity index (χ0) is 26.5. The zero-order valence-electron chi connectivity index (χ0n) is 19.9. The molecule has 0 aliphatic rings. The van der Waals surface area contributed by atoms with Gasteiger partial charge in [-0.15, -0.1) is 0 Å². The summed E-state index contributed by atoms with van der Waals surface area (Å²) in [5.74, 6) is -0.0670. The van der Waals surface area contributed by atoms with Crippen LogP contribution in [0.3, 0.4) is 0 Å². The van der Waals surface area contributed by atoms with Crippen molar-refractivity contribution in [1.29, 1.82) is 0 Å². The molecule has 0 aromatic heterocycles. The maximum absolute atomic E-state index is 13.3. The van der Waals surface area contributed by atoms with E-state index in [0.29, 0.717) is 29.2 Å². The van der Waals surface area contributed by atoms with Crippen molar-refractivity contribution in [3.05, 3.63) is 86.9 Å². The van der Waals surface area contributed by atoms with Gasteiger partial charge in [-0.3, -0.25) is 4.79 Å². The molecule has 0 N–H and O–H groups in total. The maximum atomic E-state index is 13.3. The van der Waals surface area contributed by atoms with Crippen LogP contribution in [-0.2, 0) is 16.7 Å². The van der Waals surface area contributed by atoms with E-state index in [1.54, 1.807) is 41.3 Å². The average Bonchev–Trinajstić information content (AvgIpc) is 2.83. The SMILES string of the molecule is COc1ccc(CN(CCN(C)C)C(=O)c2ccccc2Cl)cc1OS(=O)(=O)c1ccc(Cl)c(Cl)c1. The number of hydrogen-bond acceptors (Lipinski definition) is 6. The Morgan fingerprint density at radius 2 is 1.58 bits per heavy atom. The smallest absolute Gasteiger partial charge is 0.339 e. The number of nitrogens with zero attached hydrogens (tertiary/aromatic N) is 2. The molecule has 3 aromatic rings. The van der Waals surface area contributed by atoms with Gasteiger partial charge in [0, 0.05) is 19.6 Å². The highest BCUT2D eigenvalue weighted by Gasteiger charge is 2.23. The monoisotopic (exact) mass is 570 g/mol. The summed E-state index contributed by atoms with van der Waals surface area (Å²) in [6.45, 7) is 1.22. The molecule has 0 aliphatic carbocycles. The number of amides is 1. The lowest BCUT2D eigenvalue weighted by Crippen LogP contribution is -2.36. The van der Waals surface area contributed by atoms with Crippen LogP contribution in [0.2, 0.25) is 15.1 Å². The number of ether oxygens (including phenoxy) is 1. The molecular weight excluding hydrogens is 547 g/mol. The summed E-state index contributed by atoms with van der Waals surface area (Å²) >= 11 is 18.1. The van der Waals surface area contributed by atoms with Crippen LogP contribution in [0.15, 0.2) is 65.6 Å². The third-order valence-electron chi connectivity index (χ3n) is 5.19. The first-order valence-corrected chi connectivity index (χ1v) is 13.3. The molecule has 1 amide bonds. The molecule has 0 saturated carbocycles. The molecule has 3 rings (SSSR count). The van der Waals surface area contributed by atoms with Crippen molar-refractivity contribution < 1.29 is 22.1 Å². The molecule has 0 atom stereocenters. The third-order valence-corrected chi connectivity index (χ3v) is 7.49. The van der Waals surface area contributed by atoms with Crippen LogP contribution in [0.25, 0.3) is 0 Å². The predicted octanol–water partition coefficient (Wildman–Crippen LogP) is 5.63. The third kappa shape index (κ3) is 7.05. The Kier molecular flexibility index (Phi) is 9.49. The molecule has 0 saturated heterocycles. The molecule has 11 heteroatoms. The summed E-state index contributed by atoms with van der Waals surface area (Å²) in [7, 11) is 0.972. The van der Waals surface area contributed by atoms with Crippen molar-refractivity contribution in [2.75, 3.05) is 34.3 Å². The van der Waals surface area contributed by atoms with Gasteiger partial charge in [0.15, 0.2) is 11.5 Å². The van der Waals surface area contributed by atoms with E-state index in [1.165, 1.54) is 31.4 Å². The molecule has 0 radical (unpaired) electrons. The number of rotatable bonds is 10. The molecule has 3 aromatic carbocycles. The molecule has 0 aliphatic heterocycles. The molecule has 0 heterocycles. The first-order valence-electron chi connectivity index (χ1n) is 10.8. The predicted molar refractivity (Wildman–Crippen MR) is 142 cm³/mol. The zero-order valence-corrected chi connectivity index (χ0v) is 23.0. The second kappa shape index (κ2) is 12.2. The molecule has 0 unspecified atom stereocenters. The molecule has 0 spiro atoms. The fraction of sp³-hybridized carbons (Fsp3) is 0.240. The summed E-state index contributed by atoms with van der Waals surface area (Å²) in [6.07, 6.45) is 0. The number of methoxy groups -OCH3 is 1. The molecule has 0 fully saturated rings. The van der Waals surface area contributed by atoms with Crippen LogP contribution >= 0.6 is 34.8 Å². The number of halogens is 3. The summed E-state index contributed by atoms with van der Waals surface area (Å²) in [5, 5.41) is 0.650. The van der Waals surface area contributed by atoms with E-state index < -0.39 is 10.1 Å². The number of carbonyl (C=O) groups excluding carboxylic acids is 1. The molecule has 7 nitrogen and oxygen atoms in total. The highest BCUT2D eigenvalue weighted by atomic mass is 35.5. The minimum absolute atomic E-state index is 0.0289. The van der Waals surface area contributed by atoms with Gasteiger partial charge in [0.2, 0.25) is 0 Å². The van der Waals surface area contributed by atoms with E-state index in [0.717, 1.165) is 0 Å². The summed E-state index contributed by atoms with van der Waals surface area (Å²) in [4.78, 5) is 16.7. The second-order valence-electron chi connectivity index (χ2n) is 8.11. The van der Waals surface area contributed by atoms with Crippen LogP contribution in [0.4, 0.5) is 0 Å². The van der Waals surface area contributed by atoms with Gasteiger partial charge in [0.05, 0.1) is 27.7 Å². The van der Waals surface area contributed by atoms with Crippen LogP contribution < -0.4 is 8.92 Å². The van der Waals surface area contributed by atoms with Crippen molar-refractivity contribution in [3.8, 4) is 11.5 Å². The summed E-state index contributed by atoms with van der Waals surface area (Å²) in [6, 6.07) is 15.5. The first kappa shape index (κ1) is 28.1. The number of benzene rings is 3. The molecular formula is C25H25Cl3N2O5S. The summed E-state index contributed by atoms with van der Waals surface area (Å²) in [5.41, 5.74) is 1.01. The lowest BCUT2D eigenvalue weighted by atomic mass is 10.1. The van der Waals surface area contributed by atoms with Crippen LogP contribution in [0.1, 0.15) is 15.9 Å². The van der Waals surface area contributed by atoms with E-state index in [4.69, 9.17) is 43.7 Å². The van der Waals surface area contributed by atoms with E-state index in [2.05, 4.69) is 0 Å². The van der Waals surface area contributed by atoms with Crippen LogP contribution in [0.5, 0.6) is 11.5 Å².